The molecule has 0 aliphatic carbocycles. The summed E-state index contributed by atoms with van der Waals surface area (Å²) < 4.78 is 18.6. The first-order chi connectivity index (χ1) is 9.82. The summed E-state index contributed by atoms with van der Waals surface area (Å²) in [6.45, 7) is 0. The average Bonchev–Trinajstić information content (AvgIpc) is 2.46. The summed E-state index contributed by atoms with van der Waals surface area (Å²) in [4.78, 5) is 45.1. The Hall–Kier alpha value is -0.0379. The van der Waals surface area contributed by atoms with E-state index >= 15 is 0 Å². The predicted octanol–water partition coefficient (Wildman–Crippen LogP) is 0.550. The van der Waals surface area contributed by atoms with Crippen LogP contribution in [0.4, 0.5) is 0 Å². The van der Waals surface area contributed by atoms with Gasteiger partial charge in [-0.05, 0) is 0 Å². The molecule has 0 aromatic carbocycles. The van der Waals surface area contributed by atoms with Gasteiger partial charge in [0.15, 0.2) is 0 Å². The molecule has 0 aromatic heterocycles. The van der Waals surface area contributed by atoms with Crippen LogP contribution in [0.15, 0.2) is 0 Å². The van der Waals surface area contributed by atoms with Gasteiger partial charge in [-0.1, -0.05) is 0 Å². The van der Waals surface area contributed by atoms with Crippen LogP contribution in [-0.2, 0) is 29.9 Å². The third kappa shape index (κ3) is 8.24. The average molecular weight is 581 g/mol. The molecule has 0 saturated carbocycles. The van der Waals surface area contributed by atoms with Crippen LogP contribution in [0.3, 0.4) is 0 Å². The van der Waals surface area contributed by atoms with Gasteiger partial charge in [0.1, 0.15) is 0 Å². The Morgan fingerprint density at radius 2 is 0.762 bits per heavy atom. The van der Waals surface area contributed by atoms with Crippen molar-refractivity contribution in [3.63, 3.8) is 0 Å². The van der Waals surface area contributed by atoms with Crippen molar-refractivity contribution in [2.45, 2.75) is 0 Å². The van der Waals surface area contributed by atoms with Gasteiger partial charge < -0.3 is 0 Å². The van der Waals surface area contributed by atoms with Crippen LogP contribution in [0.5, 0.6) is 0 Å². The summed E-state index contributed by atoms with van der Waals surface area (Å²) in [5, 5.41) is 0. The van der Waals surface area contributed by atoms with Gasteiger partial charge in [-0.25, -0.2) is 0 Å². The Kier molecular flexibility index (Phi) is 10.6. The van der Waals surface area contributed by atoms with Crippen molar-refractivity contribution in [1.82, 2.24) is 0 Å². The second kappa shape index (κ2) is 10.6. The Balaban J connectivity index is 5.43. The van der Waals surface area contributed by atoms with Crippen LogP contribution < -0.4 is 0 Å². The van der Waals surface area contributed by atoms with Gasteiger partial charge >= 0.3 is 147 Å². The SMILES string of the molecule is O=C(CCl)[O][Pb]([O]C(=O)CCl)([O]C(=O)CCl)[O]C(=O)CCl. The monoisotopic (exact) mass is 580 g/mol. The molecule has 8 nitrogen and oxygen atoms in total. The summed E-state index contributed by atoms with van der Waals surface area (Å²) >= 11 is 15.0. The minimum atomic E-state index is -5.90. The van der Waals surface area contributed by atoms with E-state index in [1.165, 1.54) is 0 Å². The van der Waals surface area contributed by atoms with Crippen molar-refractivity contribution in [1.29, 1.82) is 0 Å². The van der Waals surface area contributed by atoms with Crippen LogP contribution in [0.25, 0.3) is 0 Å². The van der Waals surface area contributed by atoms with E-state index in [9.17, 15) is 19.2 Å². The molecular formula is C8H8Cl4O8Pb. The molecule has 0 unspecified atom stereocenters. The Morgan fingerprint density at radius 3 is 0.905 bits per heavy atom. The zero-order valence-corrected chi connectivity index (χ0v) is 17.0. The number of carbonyl (C=O) groups is 4. The number of hydrogen-bond acceptors (Lipinski definition) is 8. The molecule has 0 radical (unpaired) electrons. The maximum atomic E-state index is 11.3. The molecule has 0 saturated heterocycles. The molecular weight excluding hydrogens is 573 g/mol. The Labute approximate surface area is 146 Å². The molecule has 0 N–H and O–H groups in total. The summed E-state index contributed by atoms with van der Waals surface area (Å²) in [6.07, 6.45) is 0. The molecule has 0 spiro atoms. The van der Waals surface area contributed by atoms with E-state index in [2.05, 4.69) is 10.7 Å². The summed E-state index contributed by atoms with van der Waals surface area (Å²) in [5.41, 5.74) is 0. The van der Waals surface area contributed by atoms with Gasteiger partial charge in [0.05, 0.1) is 0 Å². The number of carbonyl (C=O) groups excluding carboxylic acids is 4. The van der Waals surface area contributed by atoms with Gasteiger partial charge in [0, 0.05) is 0 Å². The van der Waals surface area contributed by atoms with E-state index in [-0.39, 0.29) is 0 Å². The molecule has 0 heterocycles. The topological polar surface area (TPSA) is 105 Å². The fourth-order valence-corrected chi connectivity index (χ4v) is 8.86. The minimum absolute atomic E-state index is 0.670. The van der Waals surface area contributed by atoms with Crippen molar-refractivity contribution in [3.05, 3.63) is 0 Å². The van der Waals surface area contributed by atoms with Crippen LogP contribution in [0.2, 0.25) is 0 Å². The fourth-order valence-electron chi connectivity index (χ4n) is 0.792. The summed E-state index contributed by atoms with van der Waals surface area (Å²) in [6, 6.07) is 0. The number of hydrogen-bond donors (Lipinski definition) is 0. The van der Waals surface area contributed by atoms with E-state index < -0.39 is 70.4 Å². The van der Waals surface area contributed by atoms with Gasteiger partial charge in [0.2, 0.25) is 0 Å². The van der Waals surface area contributed by atoms with Crippen molar-refractivity contribution in [2.24, 2.45) is 0 Å². The molecule has 0 atom stereocenters. The fraction of sp³-hybridized carbons (Fsp3) is 0.500. The maximum absolute atomic E-state index is 11.3. The van der Waals surface area contributed by atoms with Crippen molar-refractivity contribution >= 4 is 93.3 Å². The molecule has 21 heavy (non-hydrogen) atoms. The number of alkyl halides is 4. The van der Waals surface area contributed by atoms with Gasteiger partial charge in [-0.2, -0.15) is 0 Å². The Bertz CT molecular complexity index is 340. The van der Waals surface area contributed by atoms with E-state index in [1.807, 2.05) is 0 Å². The molecule has 0 bridgehead atoms. The van der Waals surface area contributed by atoms with Crippen LogP contribution in [-0.4, -0.2) is 70.4 Å². The Morgan fingerprint density at radius 1 is 0.571 bits per heavy atom. The number of halogens is 4. The zero-order chi connectivity index (χ0) is 16.5. The van der Waals surface area contributed by atoms with E-state index in [4.69, 9.17) is 46.4 Å². The van der Waals surface area contributed by atoms with E-state index in [0.29, 0.717) is 0 Å². The first-order valence-electron chi connectivity index (χ1n) is 4.93. The quantitative estimate of drug-likeness (QED) is 0.303. The second-order valence-corrected chi connectivity index (χ2v) is 11.1. The van der Waals surface area contributed by atoms with Crippen molar-refractivity contribution in [3.8, 4) is 0 Å². The molecule has 0 fully saturated rings. The molecule has 120 valence electrons. The van der Waals surface area contributed by atoms with Gasteiger partial charge in [0.25, 0.3) is 0 Å². The van der Waals surface area contributed by atoms with Gasteiger partial charge in [-0.15, -0.1) is 0 Å². The van der Waals surface area contributed by atoms with Crippen LogP contribution in [0, 0.1) is 0 Å². The molecule has 0 aromatic rings. The normalized spacial score (nSPS) is 10.5. The first-order valence-corrected chi connectivity index (χ1v) is 13.4. The first kappa shape index (κ1) is 21.0. The van der Waals surface area contributed by atoms with Gasteiger partial charge in [-0.3, -0.25) is 0 Å². The third-order valence-corrected chi connectivity index (χ3v) is 9.69. The molecule has 0 amide bonds. The molecule has 0 aliphatic heterocycles. The van der Waals surface area contributed by atoms with E-state index in [1.54, 1.807) is 0 Å². The predicted molar refractivity (Wildman–Crippen MR) is 73.0 cm³/mol. The molecule has 0 rings (SSSR count). The van der Waals surface area contributed by atoms with Crippen molar-refractivity contribution in [2.75, 3.05) is 23.5 Å². The van der Waals surface area contributed by atoms with Crippen molar-refractivity contribution < 1.29 is 29.9 Å². The van der Waals surface area contributed by atoms with Crippen LogP contribution >= 0.6 is 46.4 Å². The summed E-state index contributed by atoms with van der Waals surface area (Å²) in [5.74, 6) is -7.21. The molecule has 0 aliphatic rings. The zero-order valence-electron chi connectivity index (χ0n) is 10.1. The van der Waals surface area contributed by atoms with Crippen LogP contribution in [0.1, 0.15) is 0 Å². The second-order valence-electron chi connectivity index (χ2n) is 2.93. The van der Waals surface area contributed by atoms with E-state index in [0.717, 1.165) is 0 Å². The standard InChI is InChI=1S/4C2H3ClO2.Pb/c4*3-1-2(4)5;/h4*1H2,(H,4,5);/q;;;;+4/p-4. The molecule has 13 heteroatoms. The summed E-state index contributed by atoms with van der Waals surface area (Å²) in [7, 11) is 0. The third-order valence-electron chi connectivity index (χ3n) is 1.39. The number of rotatable bonds is 8.